The van der Waals surface area contributed by atoms with Crippen LogP contribution < -0.4 is 5.30 Å². The second kappa shape index (κ2) is 7.75. The molecule has 1 aromatic carbocycles. The van der Waals surface area contributed by atoms with Crippen LogP contribution in [0.15, 0.2) is 53.5 Å². The number of nitrogens with zero attached hydrogens (tertiary/aromatic N) is 4. The molecule has 0 N–H and O–H groups in total. The Bertz CT molecular complexity index is 979. The summed E-state index contributed by atoms with van der Waals surface area (Å²) in [5.41, 5.74) is 1.59. The highest BCUT2D eigenvalue weighted by atomic mass is 31.0. The molecule has 0 aliphatic carbocycles. The normalized spacial score (nSPS) is 10.8. The van der Waals surface area contributed by atoms with E-state index in [2.05, 4.69) is 24.4 Å². The van der Waals surface area contributed by atoms with Gasteiger partial charge in [-0.2, -0.15) is 5.10 Å². The van der Waals surface area contributed by atoms with Crippen LogP contribution in [0.1, 0.15) is 25.6 Å². The first-order valence-corrected chi connectivity index (χ1v) is 8.76. The Morgan fingerprint density at radius 2 is 2.04 bits per heavy atom. The maximum atomic E-state index is 14.4. The number of hydrogen-bond donors (Lipinski definition) is 0. The average molecular weight is 370 g/mol. The minimum Gasteiger partial charge on any atom is -0.443 e. The van der Waals surface area contributed by atoms with Gasteiger partial charge in [0.2, 0.25) is 0 Å². The van der Waals surface area contributed by atoms with E-state index in [1.165, 1.54) is 12.5 Å². The zero-order valence-electron chi connectivity index (χ0n) is 14.8. The van der Waals surface area contributed by atoms with Crippen LogP contribution >= 0.6 is 9.24 Å². The number of aryl methyl sites for hydroxylation is 1. The molecule has 0 bridgehead atoms. The minimum absolute atomic E-state index is 0.188. The van der Waals surface area contributed by atoms with Crippen molar-refractivity contribution in [2.45, 2.75) is 19.8 Å². The summed E-state index contributed by atoms with van der Waals surface area (Å²) in [5, 5.41) is 9.18. The van der Waals surface area contributed by atoms with Crippen molar-refractivity contribution in [1.82, 2.24) is 19.7 Å². The molecule has 2 aromatic heterocycles. The first-order valence-electron chi connectivity index (χ1n) is 8.19. The Hall–Kier alpha value is -2.59. The van der Waals surface area contributed by atoms with E-state index in [1.807, 2.05) is 37.7 Å². The molecule has 26 heavy (non-hydrogen) atoms. The maximum Gasteiger partial charge on any atom is 0.182 e. The number of rotatable bonds is 3. The van der Waals surface area contributed by atoms with Crippen molar-refractivity contribution in [3.63, 3.8) is 0 Å². The van der Waals surface area contributed by atoms with Crippen molar-refractivity contribution >= 4 is 14.5 Å². The number of benzene rings is 1. The summed E-state index contributed by atoms with van der Waals surface area (Å²) in [6.07, 6.45) is 4.82. The molecule has 3 rings (SSSR count). The quantitative estimate of drug-likeness (QED) is 0.654. The van der Waals surface area contributed by atoms with Gasteiger partial charge in [0.05, 0.1) is 0 Å². The van der Waals surface area contributed by atoms with Crippen LogP contribution in [0.5, 0.6) is 0 Å². The molecule has 2 heterocycles. The van der Waals surface area contributed by atoms with E-state index in [0.717, 1.165) is 16.7 Å². The fraction of sp³-hybridized carbons (Fsp3) is 0.211. The molecule has 0 aliphatic rings. The van der Waals surface area contributed by atoms with Crippen LogP contribution in [0.2, 0.25) is 0 Å². The molecule has 0 fully saturated rings. The number of halogens is 1. The minimum atomic E-state index is -0.349. The van der Waals surface area contributed by atoms with Crippen molar-refractivity contribution in [3.05, 3.63) is 60.8 Å². The lowest BCUT2D eigenvalue weighted by molar-refractivity contribution is 0.571. The first kappa shape index (κ1) is 18.2. The van der Waals surface area contributed by atoms with Crippen LogP contribution in [0.3, 0.4) is 0 Å². The molecule has 134 valence electrons. The van der Waals surface area contributed by atoms with Gasteiger partial charge in [0.15, 0.2) is 12.2 Å². The predicted molar refractivity (Wildman–Crippen MR) is 103 cm³/mol. The topological polar surface area (TPSA) is 56.7 Å². The average Bonchev–Trinajstić information content (AvgIpc) is 3.09. The summed E-state index contributed by atoms with van der Waals surface area (Å²) in [5.74, 6) is 1.13. The summed E-state index contributed by atoms with van der Waals surface area (Å²) in [6, 6.07) is 8.45. The van der Waals surface area contributed by atoms with Crippen LogP contribution in [0.25, 0.3) is 22.6 Å². The lowest BCUT2D eigenvalue weighted by Gasteiger charge is -2.08. The molecule has 3 aromatic rings. The second-order valence-electron chi connectivity index (χ2n) is 6.20. The SMILES string of the molecule is CC(C)c1nncccc(-c2ocnc2-c2cc(P)ccc2F)cn1C. The van der Waals surface area contributed by atoms with E-state index in [4.69, 9.17) is 4.42 Å². The van der Waals surface area contributed by atoms with Gasteiger partial charge in [0.1, 0.15) is 17.3 Å². The third-order valence-corrected chi connectivity index (χ3v) is 4.23. The van der Waals surface area contributed by atoms with Gasteiger partial charge >= 0.3 is 0 Å². The van der Waals surface area contributed by atoms with E-state index in [1.54, 1.807) is 24.4 Å². The summed E-state index contributed by atoms with van der Waals surface area (Å²) in [7, 11) is 4.46. The number of aromatic nitrogens is 4. The van der Waals surface area contributed by atoms with Crippen LogP contribution in [0, 0.1) is 5.82 Å². The largest absolute Gasteiger partial charge is 0.443 e. The van der Waals surface area contributed by atoms with E-state index in [0.29, 0.717) is 17.0 Å². The summed E-state index contributed by atoms with van der Waals surface area (Å²) in [4.78, 5) is 4.25. The lowest BCUT2D eigenvalue weighted by atomic mass is 10.1. The lowest BCUT2D eigenvalue weighted by Crippen LogP contribution is -2.04. The van der Waals surface area contributed by atoms with Gasteiger partial charge in [-0.25, -0.2) is 9.37 Å². The predicted octanol–water partition coefficient (Wildman–Crippen LogP) is 4.02. The van der Waals surface area contributed by atoms with Crippen molar-refractivity contribution in [3.8, 4) is 22.6 Å². The Labute approximate surface area is 153 Å². The van der Waals surface area contributed by atoms with E-state index in [9.17, 15) is 4.39 Å². The highest BCUT2D eigenvalue weighted by Crippen LogP contribution is 2.32. The molecule has 0 amide bonds. The van der Waals surface area contributed by atoms with Gasteiger partial charge in [0.25, 0.3) is 0 Å². The fourth-order valence-corrected chi connectivity index (χ4v) is 2.95. The first-order chi connectivity index (χ1) is 12.5. The Morgan fingerprint density at radius 1 is 1.23 bits per heavy atom. The molecule has 1 atom stereocenters. The third-order valence-electron chi connectivity index (χ3n) is 3.87. The molecule has 0 saturated carbocycles. The van der Waals surface area contributed by atoms with Crippen LogP contribution in [-0.4, -0.2) is 19.7 Å². The molecule has 0 radical (unpaired) electrons. The highest BCUT2D eigenvalue weighted by Gasteiger charge is 2.17. The van der Waals surface area contributed by atoms with Crippen molar-refractivity contribution in [2.24, 2.45) is 7.05 Å². The molecule has 5 nitrogen and oxygen atoms in total. The van der Waals surface area contributed by atoms with Crippen molar-refractivity contribution < 1.29 is 8.81 Å². The van der Waals surface area contributed by atoms with Crippen LogP contribution in [0.4, 0.5) is 4.39 Å². The summed E-state index contributed by atoms with van der Waals surface area (Å²) >= 11 is 0. The monoisotopic (exact) mass is 370 g/mol. The third kappa shape index (κ3) is 3.81. The molecule has 7 heteroatoms. The standard InChI is InChI=1S/C19H20FN4OP/c1-12(2)19-23-22-8-4-5-13(10-24(19)3)18-17(21-11-25-18)15-9-14(26)6-7-16(15)20/h4-12H,26H2,1-3H3. The summed E-state index contributed by atoms with van der Waals surface area (Å²) < 4.78 is 21.9. The van der Waals surface area contributed by atoms with Gasteiger partial charge < -0.3 is 8.98 Å². The Balaban J connectivity index is 2.23. The Kier molecular flexibility index (Phi) is 5.43. The zero-order valence-corrected chi connectivity index (χ0v) is 16.0. The molecule has 0 saturated heterocycles. The molecule has 1 unspecified atom stereocenters. The smallest absolute Gasteiger partial charge is 0.182 e. The number of hydrogen-bond acceptors (Lipinski definition) is 4. The highest BCUT2D eigenvalue weighted by molar-refractivity contribution is 7.27. The summed E-state index contributed by atoms with van der Waals surface area (Å²) in [6.45, 7) is 4.09. The molecule has 0 spiro atoms. The maximum absolute atomic E-state index is 14.4. The van der Waals surface area contributed by atoms with E-state index in [-0.39, 0.29) is 11.7 Å². The zero-order chi connectivity index (χ0) is 18.7. The Morgan fingerprint density at radius 3 is 2.81 bits per heavy atom. The van der Waals surface area contributed by atoms with Gasteiger partial charge in [-0.3, -0.25) is 0 Å². The molecule has 0 aliphatic heterocycles. The van der Waals surface area contributed by atoms with Gasteiger partial charge in [0, 0.05) is 36.5 Å². The van der Waals surface area contributed by atoms with Crippen LogP contribution in [-0.2, 0) is 7.05 Å². The van der Waals surface area contributed by atoms with Crippen molar-refractivity contribution in [2.75, 3.05) is 0 Å². The number of oxazole rings is 1. The van der Waals surface area contributed by atoms with E-state index >= 15 is 0 Å². The van der Waals surface area contributed by atoms with Crippen molar-refractivity contribution in [1.29, 1.82) is 0 Å². The van der Waals surface area contributed by atoms with E-state index < -0.39 is 0 Å². The van der Waals surface area contributed by atoms with Gasteiger partial charge in [-0.1, -0.05) is 19.9 Å². The molecular weight excluding hydrogens is 350 g/mol. The fourth-order valence-electron chi connectivity index (χ4n) is 2.69. The second-order valence-corrected chi connectivity index (χ2v) is 6.87. The molecular formula is C19H20FN4OP. The van der Waals surface area contributed by atoms with Gasteiger partial charge in [-0.05, 0) is 29.6 Å². The van der Waals surface area contributed by atoms with Gasteiger partial charge in [-0.15, -0.1) is 14.3 Å².